The maximum absolute atomic E-state index is 12.4. The Hall–Kier alpha value is -3.74. The van der Waals surface area contributed by atoms with Crippen LogP contribution in [0.3, 0.4) is 0 Å². The summed E-state index contributed by atoms with van der Waals surface area (Å²) in [4.78, 5) is 35.7. The highest BCUT2D eigenvalue weighted by Crippen LogP contribution is 2.08. The molecule has 0 aliphatic heterocycles. The Morgan fingerprint density at radius 2 is 1.74 bits per heavy atom. The number of hydrogen-bond acceptors (Lipinski definition) is 4. The number of aromatic nitrogens is 2. The lowest BCUT2D eigenvalue weighted by Crippen LogP contribution is -2.31. The van der Waals surface area contributed by atoms with Crippen LogP contribution in [-0.4, -0.2) is 21.6 Å². The molecule has 136 valence electrons. The second kappa shape index (κ2) is 7.65. The second-order valence-electron chi connectivity index (χ2n) is 5.99. The van der Waals surface area contributed by atoms with Gasteiger partial charge in [0.15, 0.2) is 5.69 Å². The van der Waals surface area contributed by atoms with Crippen LogP contribution in [-0.2, 0) is 6.54 Å². The van der Waals surface area contributed by atoms with Crippen molar-refractivity contribution in [3.8, 4) is 5.69 Å². The Balaban J connectivity index is 1.80. The molecule has 7 heteroatoms. The van der Waals surface area contributed by atoms with Gasteiger partial charge in [0.2, 0.25) is 11.3 Å². The number of benzene rings is 2. The third-order valence-electron chi connectivity index (χ3n) is 4.01. The van der Waals surface area contributed by atoms with Crippen LogP contribution in [0.15, 0.2) is 65.5 Å². The number of hydrogen-bond donors (Lipinski definition) is 2. The van der Waals surface area contributed by atoms with E-state index in [1.165, 1.54) is 6.07 Å². The Kier molecular flexibility index (Phi) is 5.12. The van der Waals surface area contributed by atoms with E-state index in [0.29, 0.717) is 11.3 Å². The number of nitrogens with one attached hydrogen (secondary N) is 1. The van der Waals surface area contributed by atoms with Crippen LogP contribution in [0, 0.1) is 6.92 Å². The van der Waals surface area contributed by atoms with Crippen LogP contribution in [0.4, 0.5) is 0 Å². The minimum Gasteiger partial charge on any atom is -0.366 e. The van der Waals surface area contributed by atoms with Crippen LogP contribution in [0.25, 0.3) is 5.69 Å². The number of carbonyl (C=O) groups is 2. The summed E-state index contributed by atoms with van der Waals surface area (Å²) in [6, 6.07) is 17.2. The molecule has 7 nitrogen and oxygen atoms in total. The summed E-state index contributed by atoms with van der Waals surface area (Å²) in [7, 11) is 0. The topological polar surface area (TPSA) is 107 Å². The van der Waals surface area contributed by atoms with Gasteiger partial charge in [-0.05, 0) is 36.8 Å². The first kappa shape index (κ1) is 18.1. The monoisotopic (exact) mass is 362 g/mol. The molecule has 0 atom stereocenters. The van der Waals surface area contributed by atoms with Crippen LogP contribution in [0.2, 0.25) is 0 Å². The first-order valence-electron chi connectivity index (χ1n) is 8.29. The molecule has 0 saturated heterocycles. The quantitative estimate of drug-likeness (QED) is 0.718. The number of nitrogens with zero attached hydrogens (tertiary/aromatic N) is 2. The lowest BCUT2D eigenvalue weighted by atomic mass is 10.1. The molecule has 0 aliphatic carbocycles. The Labute approximate surface area is 155 Å². The van der Waals surface area contributed by atoms with Crippen molar-refractivity contribution in [1.82, 2.24) is 15.1 Å². The van der Waals surface area contributed by atoms with Crippen LogP contribution < -0.4 is 16.5 Å². The fraction of sp³-hybridized carbons (Fsp3) is 0.100. The molecule has 3 N–H and O–H groups in total. The highest BCUT2D eigenvalue weighted by molar-refractivity contribution is 5.93. The van der Waals surface area contributed by atoms with Gasteiger partial charge in [-0.3, -0.25) is 14.4 Å². The van der Waals surface area contributed by atoms with E-state index in [-0.39, 0.29) is 12.2 Å². The van der Waals surface area contributed by atoms with Gasteiger partial charge in [-0.25, -0.2) is 4.68 Å². The van der Waals surface area contributed by atoms with Gasteiger partial charge in [-0.1, -0.05) is 30.3 Å². The summed E-state index contributed by atoms with van der Waals surface area (Å²) >= 11 is 0. The van der Waals surface area contributed by atoms with Crippen molar-refractivity contribution in [1.29, 1.82) is 0 Å². The van der Waals surface area contributed by atoms with Crippen molar-refractivity contribution >= 4 is 11.8 Å². The SMILES string of the molecule is Cc1cc(=O)c(C(=O)NCc2ccc(C(N)=O)cc2)nn1-c1ccccc1. The lowest BCUT2D eigenvalue weighted by Gasteiger charge is -2.11. The number of aryl methyl sites for hydroxylation is 1. The number of rotatable bonds is 5. The predicted octanol–water partition coefficient (Wildman–Crippen LogP) is 1.57. The molecule has 2 amide bonds. The first-order valence-corrected chi connectivity index (χ1v) is 8.29. The highest BCUT2D eigenvalue weighted by Gasteiger charge is 2.15. The third kappa shape index (κ3) is 4.09. The van der Waals surface area contributed by atoms with Crippen LogP contribution in [0.1, 0.15) is 32.1 Å². The van der Waals surface area contributed by atoms with E-state index in [4.69, 9.17) is 5.73 Å². The van der Waals surface area contributed by atoms with E-state index in [1.807, 2.05) is 30.3 Å². The zero-order chi connectivity index (χ0) is 19.4. The van der Waals surface area contributed by atoms with E-state index in [9.17, 15) is 14.4 Å². The average Bonchev–Trinajstić information content (AvgIpc) is 2.67. The van der Waals surface area contributed by atoms with Crippen molar-refractivity contribution in [3.05, 3.63) is 93.4 Å². The molecule has 0 fully saturated rings. The molecule has 27 heavy (non-hydrogen) atoms. The maximum Gasteiger partial charge on any atom is 0.276 e. The fourth-order valence-corrected chi connectivity index (χ4v) is 2.59. The molecule has 1 heterocycles. The van der Waals surface area contributed by atoms with Crippen LogP contribution >= 0.6 is 0 Å². The Bertz CT molecular complexity index is 1040. The number of amides is 2. The summed E-state index contributed by atoms with van der Waals surface area (Å²) in [5.74, 6) is -1.08. The van der Waals surface area contributed by atoms with Crippen molar-refractivity contribution in [2.24, 2.45) is 5.73 Å². The van der Waals surface area contributed by atoms with Gasteiger partial charge in [0.05, 0.1) is 5.69 Å². The number of nitrogens with two attached hydrogens (primary N) is 1. The van der Waals surface area contributed by atoms with Crippen molar-refractivity contribution in [2.45, 2.75) is 13.5 Å². The number of carbonyl (C=O) groups excluding carboxylic acids is 2. The molecule has 0 aliphatic rings. The van der Waals surface area contributed by atoms with Crippen molar-refractivity contribution < 1.29 is 9.59 Å². The summed E-state index contributed by atoms with van der Waals surface area (Å²) in [6.07, 6.45) is 0. The third-order valence-corrected chi connectivity index (χ3v) is 4.01. The largest absolute Gasteiger partial charge is 0.366 e. The Morgan fingerprint density at radius 3 is 2.37 bits per heavy atom. The van der Waals surface area contributed by atoms with E-state index in [1.54, 1.807) is 35.9 Å². The fourth-order valence-electron chi connectivity index (χ4n) is 2.59. The molecule has 0 spiro atoms. The molecular weight excluding hydrogens is 344 g/mol. The lowest BCUT2D eigenvalue weighted by molar-refractivity contribution is 0.0941. The minimum absolute atomic E-state index is 0.182. The zero-order valence-corrected chi connectivity index (χ0v) is 14.7. The summed E-state index contributed by atoms with van der Waals surface area (Å²) in [6.45, 7) is 1.95. The molecule has 3 rings (SSSR count). The predicted molar refractivity (Wildman–Crippen MR) is 101 cm³/mol. The minimum atomic E-state index is -0.566. The number of primary amides is 1. The van der Waals surface area contributed by atoms with Gasteiger partial charge >= 0.3 is 0 Å². The van der Waals surface area contributed by atoms with E-state index >= 15 is 0 Å². The van der Waals surface area contributed by atoms with Crippen LogP contribution in [0.5, 0.6) is 0 Å². The van der Waals surface area contributed by atoms with Gasteiger partial charge in [-0.15, -0.1) is 0 Å². The second-order valence-corrected chi connectivity index (χ2v) is 5.99. The van der Waals surface area contributed by atoms with Crippen molar-refractivity contribution in [3.63, 3.8) is 0 Å². The maximum atomic E-state index is 12.4. The smallest absolute Gasteiger partial charge is 0.276 e. The van der Waals surface area contributed by atoms with Gasteiger partial charge in [-0.2, -0.15) is 5.10 Å². The summed E-state index contributed by atoms with van der Waals surface area (Å²) in [5, 5.41) is 6.89. The molecule has 0 unspecified atom stereocenters. The van der Waals surface area contributed by atoms with E-state index < -0.39 is 17.2 Å². The Morgan fingerprint density at radius 1 is 1.07 bits per heavy atom. The normalized spacial score (nSPS) is 10.4. The van der Waals surface area contributed by atoms with E-state index in [0.717, 1.165) is 11.3 Å². The van der Waals surface area contributed by atoms with Gasteiger partial charge in [0.25, 0.3) is 5.91 Å². The summed E-state index contributed by atoms with van der Waals surface area (Å²) in [5.41, 5.74) is 7.11. The van der Waals surface area contributed by atoms with Gasteiger partial charge < -0.3 is 11.1 Å². The van der Waals surface area contributed by atoms with E-state index in [2.05, 4.69) is 10.4 Å². The first-order chi connectivity index (χ1) is 13.0. The molecule has 3 aromatic rings. The van der Waals surface area contributed by atoms with Gasteiger partial charge in [0, 0.05) is 23.9 Å². The zero-order valence-electron chi connectivity index (χ0n) is 14.7. The molecule has 2 aromatic carbocycles. The van der Waals surface area contributed by atoms with Gasteiger partial charge in [0.1, 0.15) is 0 Å². The molecule has 1 aromatic heterocycles. The highest BCUT2D eigenvalue weighted by atomic mass is 16.2. The van der Waals surface area contributed by atoms with Crippen molar-refractivity contribution in [2.75, 3.05) is 0 Å². The molecule has 0 saturated carbocycles. The molecule has 0 bridgehead atoms. The molecule has 0 radical (unpaired) electrons. The number of para-hydroxylation sites is 1. The standard InChI is InChI=1S/C20H18N4O3/c1-13-11-17(25)18(23-24(13)16-5-3-2-4-6-16)20(27)22-12-14-7-9-15(10-8-14)19(21)26/h2-11H,12H2,1H3,(H2,21,26)(H,22,27). The average molecular weight is 362 g/mol. The molecular formula is C20H18N4O3. The summed E-state index contributed by atoms with van der Waals surface area (Å²) < 4.78 is 1.55.